The molecule has 2 aliphatic rings. The number of fused-ring (bicyclic) bond motifs is 1. The Morgan fingerprint density at radius 1 is 1.17 bits per heavy atom. The van der Waals surface area contributed by atoms with E-state index in [1.54, 1.807) is 0 Å². The van der Waals surface area contributed by atoms with E-state index in [0.717, 1.165) is 43.8 Å². The largest absolute Gasteiger partial charge is 0.349 e. The first kappa shape index (κ1) is 21.3. The third-order valence-electron chi connectivity index (χ3n) is 6.17. The van der Waals surface area contributed by atoms with Gasteiger partial charge in [-0.3, -0.25) is 4.79 Å². The van der Waals surface area contributed by atoms with Gasteiger partial charge >= 0.3 is 0 Å². The van der Waals surface area contributed by atoms with Gasteiger partial charge in [0, 0.05) is 38.3 Å². The third-order valence-corrected chi connectivity index (χ3v) is 7.44. The molecule has 2 aliphatic heterocycles. The second-order valence-corrected chi connectivity index (χ2v) is 10.4. The number of likely N-dealkylation sites (tertiary alicyclic amines) is 1. The Hall–Kier alpha value is -1.97. The van der Waals surface area contributed by atoms with Crippen LogP contribution in [0.3, 0.4) is 0 Å². The highest BCUT2D eigenvalue weighted by Gasteiger charge is 2.30. The van der Waals surface area contributed by atoms with Gasteiger partial charge in [0.2, 0.25) is 10.0 Å². The predicted molar refractivity (Wildman–Crippen MR) is 116 cm³/mol. The Balaban J connectivity index is 1.51. The van der Waals surface area contributed by atoms with Crippen molar-refractivity contribution in [3.05, 3.63) is 35.9 Å². The summed E-state index contributed by atoms with van der Waals surface area (Å²) >= 11 is 0. The highest BCUT2D eigenvalue weighted by molar-refractivity contribution is 7.88. The number of carbonyl (C=O) groups excluding carboxylic acids is 1. The number of pyridine rings is 1. The molecule has 0 saturated carbocycles. The van der Waals surface area contributed by atoms with Gasteiger partial charge < -0.3 is 14.6 Å². The molecule has 9 heteroatoms. The minimum Gasteiger partial charge on any atom is -0.349 e. The van der Waals surface area contributed by atoms with E-state index in [-0.39, 0.29) is 11.8 Å². The van der Waals surface area contributed by atoms with E-state index in [0.29, 0.717) is 25.3 Å². The van der Waals surface area contributed by atoms with Crippen LogP contribution in [-0.4, -0.2) is 78.4 Å². The molecule has 164 valence electrons. The van der Waals surface area contributed by atoms with Crippen LogP contribution in [0.2, 0.25) is 0 Å². The number of aromatic nitrogens is 2. The summed E-state index contributed by atoms with van der Waals surface area (Å²) < 4.78 is 27.5. The molecule has 4 heterocycles. The molecule has 1 atom stereocenters. The lowest BCUT2D eigenvalue weighted by Gasteiger charge is -2.30. The zero-order valence-corrected chi connectivity index (χ0v) is 18.4. The summed E-state index contributed by atoms with van der Waals surface area (Å²) in [6.45, 7) is 4.62. The Kier molecular flexibility index (Phi) is 6.40. The van der Waals surface area contributed by atoms with Gasteiger partial charge in [0.25, 0.3) is 5.91 Å². The first-order valence-electron chi connectivity index (χ1n) is 10.9. The molecule has 8 nitrogen and oxygen atoms in total. The molecule has 1 amide bonds. The van der Waals surface area contributed by atoms with Crippen molar-refractivity contribution in [1.82, 2.24) is 23.9 Å². The van der Waals surface area contributed by atoms with E-state index in [1.807, 2.05) is 28.8 Å². The van der Waals surface area contributed by atoms with E-state index in [1.165, 1.54) is 29.8 Å². The highest BCUT2D eigenvalue weighted by Crippen LogP contribution is 2.29. The van der Waals surface area contributed by atoms with Crippen molar-refractivity contribution >= 4 is 21.4 Å². The van der Waals surface area contributed by atoms with E-state index in [4.69, 9.17) is 4.98 Å². The maximum absolute atomic E-state index is 12.9. The molecule has 4 rings (SSSR count). The first-order valence-corrected chi connectivity index (χ1v) is 12.7. The van der Waals surface area contributed by atoms with Crippen molar-refractivity contribution in [1.29, 1.82) is 0 Å². The number of hydrogen-bond donors (Lipinski definition) is 1. The van der Waals surface area contributed by atoms with Crippen molar-refractivity contribution < 1.29 is 13.2 Å². The van der Waals surface area contributed by atoms with Gasteiger partial charge in [0.1, 0.15) is 5.82 Å². The van der Waals surface area contributed by atoms with Crippen molar-refractivity contribution in [3.8, 4) is 0 Å². The quantitative estimate of drug-likeness (QED) is 0.749. The van der Waals surface area contributed by atoms with Crippen LogP contribution >= 0.6 is 0 Å². The smallest absolute Gasteiger partial charge is 0.272 e. The normalized spacial score (nSPS) is 21.7. The number of imidazole rings is 1. The summed E-state index contributed by atoms with van der Waals surface area (Å²) in [5.74, 6) is 0.566. The van der Waals surface area contributed by atoms with Gasteiger partial charge in [0.15, 0.2) is 5.69 Å². The molecular formula is C21H31N5O3S. The molecule has 0 aromatic carbocycles. The fourth-order valence-corrected chi connectivity index (χ4v) is 5.48. The van der Waals surface area contributed by atoms with Gasteiger partial charge in [-0.15, -0.1) is 0 Å². The second-order valence-electron chi connectivity index (χ2n) is 8.39. The minimum absolute atomic E-state index is 0.0294. The molecule has 2 aromatic rings. The zero-order chi connectivity index (χ0) is 21.1. The SMILES string of the molecule is CS(=O)(=O)N1CCC[C@@H](c2nc(C(=O)NCCN3CCCCC3)c3ccccn23)C1. The molecule has 0 bridgehead atoms. The Morgan fingerprint density at radius 3 is 2.73 bits per heavy atom. The molecule has 0 unspecified atom stereocenters. The monoisotopic (exact) mass is 433 g/mol. The average molecular weight is 434 g/mol. The highest BCUT2D eigenvalue weighted by atomic mass is 32.2. The van der Waals surface area contributed by atoms with Crippen LogP contribution in [0, 0.1) is 0 Å². The fourth-order valence-electron chi connectivity index (χ4n) is 4.57. The second kappa shape index (κ2) is 9.03. The number of carbonyl (C=O) groups is 1. The molecule has 2 saturated heterocycles. The van der Waals surface area contributed by atoms with Crippen molar-refractivity contribution in [2.45, 2.75) is 38.0 Å². The van der Waals surface area contributed by atoms with Gasteiger partial charge in [-0.25, -0.2) is 17.7 Å². The zero-order valence-electron chi connectivity index (χ0n) is 17.6. The summed E-state index contributed by atoms with van der Waals surface area (Å²) in [4.78, 5) is 20.0. The number of piperidine rings is 2. The number of hydrogen-bond acceptors (Lipinski definition) is 5. The summed E-state index contributed by atoms with van der Waals surface area (Å²) in [5, 5.41) is 3.02. The van der Waals surface area contributed by atoms with Crippen LogP contribution in [0.5, 0.6) is 0 Å². The number of nitrogens with one attached hydrogen (secondary N) is 1. The maximum atomic E-state index is 12.9. The Morgan fingerprint density at radius 2 is 1.97 bits per heavy atom. The topological polar surface area (TPSA) is 87.0 Å². The number of sulfonamides is 1. The summed E-state index contributed by atoms with van der Waals surface area (Å²) in [5.41, 5.74) is 1.18. The number of nitrogens with zero attached hydrogens (tertiary/aromatic N) is 4. The van der Waals surface area contributed by atoms with Gasteiger partial charge in [0.05, 0.1) is 11.8 Å². The molecule has 2 aromatic heterocycles. The van der Waals surface area contributed by atoms with E-state index in [9.17, 15) is 13.2 Å². The Bertz CT molecular complexity index is 997. The van der Waals surface area contributed by atoms with Gasteiger partial charge in [-0.05, 0) is 50.9 Å². The van der Waals surface area contributed by atoms with E-state index >= 15 is 0 Å². The van der Waals surface area contributed by atoms with Gasteiger partial charge in [-0.2, -0.15) is 0 Å². The molecule has 0 radical (unpaired) electrons. The van der Waals surface area contributed by atoms with E-state index in [2.05, 4.69) is 10.2 Å². The van der Waals surface area contributed by atoms with E-state index < -0.39 is 10.0 Å². The molecule has 2 fully saturated rings. The lowest BCUT2D eigenvalue weighted by molar-refractivity contribution is 0.0943. The molecule has 30 heavy (non-hydrogen) atoms. The number of amides is 1. The maximum Gasteiger partial charge on any atom is 0.272 e. The van der Waals surface area contributed by atoms with Crippen LogP contribution in [0.15, 0.2) is 24.4 Å². The van der Waals surface area contributed by atoms with Crippen molar-refractivity contribution in [2.24, 2.45) is 0 Å². The minimum atomic E-state index is -3.24. The molecule has 0 aliphatic carbocycles. The molecule has 1 N–H and O–H groups in total. The lowest BCUT2D eigenvalue weighted by Crippen LogP contribution is -2.39. The molecular weight excluding hydrogens is 402 g/mol. The van der Waals surface area contributed by atoms with Gasteiger partial charge in [-0.1, -0.05) is 12.5 Å². The summed E-state index contributed by atoms with van der Waals surface area (Å²) in [7, 11) is -3.24. The first-order chi connectivity index (χ1) is 14.4. The Labute approximate surface area is 178 Å². The van der Waals surface area contributed by atoms with Crippen LogP contribution in [0.1, 0.15) is 54.3 Å². The predicted octanol–water partition coefficient (Wildman–Crippen LogP) is 1.69. The van der Waals surface area contributed by atoms with Crippen molar-refractivity contribution in [2.75, 3.05) is 45.5 Å². The van der Waals surface area contributed by atoms with Crippen LogP contribution < -0.4 is 5.32 Å². The summed E-state index contributed by atoms with van der Waals surface area (Å²) in [6.07, 6.45) is 8.56. The van der Waals surface area contributed by atoms with Crippen molar-refractivity contribution in [3.63, 3.8) is 0 Å². The standard InChI is InChI=1S/C21H31N5O3S/c1-30(28,29)25-13-7-8-17(16-25)20-23-19(18-9-3-6-14-26(18)20)21(27)22-10-15-24-11-4-2-5-12-24/h3,6,9,14,17H,2,4-5,7-8,10-13,15-16H2,1H3,(H,22,27)/t17-/m1/s1. The molecule has 0 spiro atoms. The average Bonchev–Trinajstić information content (AvgIpc) is 3.14. The van der Waals surface area contributed by atoms with Crippen LogP contribution in [0.25, 0.3) is 5.52 Å². The van der Waals surface area contributed by atoms with Crippen LogP contribution in [0.4, 0.5) is 0 Å². The third kappa shape index (κ3) is 4.68. The van der Waals surface area contributed by atoms with Crippen LogP contribution in [-0.2, 0) is 10.0 Å². The number of rotatable bonds is 6. The fraction of sp³-hybridized carbons (Fsp3) is 0.619. The lowest BCUT2D eigenvalue weighted by atomic mass is 9.99. The summed E-state index contributed by atoms with van der Waals surface area (Å²) in [6, 6.07) is 5.70.